The summed E-state index contributed by atoms with van der Waals surface area (Å²) in [7, 11) is 1.65. The molecule has 1 atom stereocenters. The van der Waals surface area contributed by atoms with Crippen molar-refractivity contribution in [3.63, 3.8) is 0 Å². The lowest BCUT2D eigenvalue weighted by molar-refractivity contribution is 0.00718. The SMILES string of the molecule is COC(c1noc(-c2cc(C)ccc2N)n1)C(C)(C)C. The molecule has 0 aliphatic heterocycles. The van der Waals surface area contributed by atoms with Crippen LogP contribution in [0.3, 0.4) is 0 Å². The van der Waals surface area contributed by atoms with Crippen LogP contribution in [0.1, 0.15) is 38.3 Å². The number of nitrogen functional groups attached to an aromatic ring is 1. The van der Waals surface area contributed by atoms with Crippen LogP contribution >= 0.6 is 0 Å². The van der Waals surface area contributed by atoms with Gasteiger partial charge < -0.3 is 15.0 Å². The van der Waals surface area contributed by atoms with Crippen molar-refractivity contribution >= 4 is 5.69 Å². The van der Waals surface area contributed by atoms with Crippen molar-refractivity contribution < 1.29 is 9.26 Å². The molecule has 0 spiro atoms. The number of aryl methyl sites for hydroxylation is 1. The highest BCUT2D eigenvalue weighted by molar-refractivity contribution is 5.70. The zero-order valence-corrected chi connectivity index (χ0v) is 12.6. The molecule has 5 nitrogen and oxygen atoms in total. The molecule has 0 radical (unpaired) electrons. The molecule has 2 aromatic rings. The lowest BCUT2D eigenvalue weighted by Gasteiger charge is -2.26. The molecule has 2 N–H and O–H groups in total. The minimum Gasteiger partial charge on any atom is -0.398 e. The quantitative estimate of drug-likeness (QED) is 0.869. The number of anilines is 1. The number of benzene rings is 1. The third-order valence-electron chi connectivity index (χ3n) is 3.14. The van der Waals surface area contributed by atoms with Crippen molar-refractivity contribution in [1.29, 1.82) is 0 Å². The van der Waals surface area contributed by atoms with Crippen molar-refractivity contribution in [3.05, 3.63) is 29.6 Å². The average Bonchev–Trinajstić information content (AvgIpc) is 2.80. The molecule has 0 bridgehead atoms. The summed E-state index contributed by atoms with van der Waals surface area (Å²) in [5, 5.41) is 4.03. The molecule has 2 rings (SSSR count). The van der Waals surface area contributed by atoms with E-state index < -0.39 is 0 Å². The number of rotatable bonds is 3. The van der Waals surface area contributed by atoms with E-state index in [1.54, 1.807) is 7.11 Å². The van der Waals surface area contributed by atoms with Gasteiger partial charge in [-0.1, -0.05) is 37.6 Å². The Morgan fingerprint density at radius 1 is 1.30 bits per heavy atom. The van der Waals surface area contributed by atoms with E-state index in [2.05, 4.69) is 30.9 Å². The highest BCUT2D eigenvalue weighted by Crippen LogP contribution is 2.35. The van der Waals surface area contributed by atoms with Gasteiger partial charge in [-0.15, -0.1) is 0 Å². The number of ether oxygens (including phenoxy) is 1. The first kappa shape index (κ1) is 14.5. The van der Waals surface area contributed by atoms with Gasteiger partial charge in [-0.25, -0.2) is 0 Å². The van der Waals surface area contributed by atoms with Crippen LogP contribution in [0.5, 0.6) is 0 Å². The summed E-state index contributed by atoms with van der Waals surface area (Å²) in [6.07, 6.45) is -0.231. The Labute approximate surface area is 119 Å². The van der Waals surface area contributed by atoms with Gasteiger partial charge in [0.1, 0.15) is 6.10 Å². The van der Waals surface area contributed by atoms with Crippen molar-refractivity contribution in [1.82, 2.24) is 10.1 Å². The predicted molar refractivity (Wildman–Crippen MR) is 78.1 cm³/mol. The largest absolute Gasteiger partial charge is 0.398 e. The van der Waals surface area contributed by atoms with Crippen LogP contribution in [-0.2, 0) is 4.74 Å². The predicted octanol–water partition coefficient (Wildman–Crippen LogP) is 3.36. The molecule has 0 saturated heterocycles. The smallest absolute Gasteiger partial charge is 0.260 e. The van der Waals surface area contributed by atoms with Crippen LogP contribution in [0, 0.1) is 12.3 Å². The van der Waals surface area contributed by atoms with E-state index in [0.29, 0.717) is 17.4 Å². The van der Waals surface area contributed by atoms with E-state index in [1.807, 2.05) is 25.1 Å². The van der Waals surface area contributed by atoms with Gasteiger partial charge >= 0.3 is 0 Å². The maximum atomic E-state index is 5.97. The average molecular weight is 275 g/mol. The first-order valence-corrected chi connectivity index (χ1v) is 6.56. The number of nitrogens with zero attached hydrogens (tertiary/aromatic N) is 2. The Kier molecular flexibility index (Phi) is 3.81. The molecule has 20 heavy (non-hydrogen) atoms. The zero-order valence-electron chi connectivity index (χ0n) is 12.6. The molecule has 1 aromatic carbocycles. The monoisotopic (exact) mass is 275 g/mol. The van der Waals surface area contributed by atoms with Gasteiger partial charge in [-0.3, -0.25) is 0 Å². The summed E-state index contributed by atoms with van der Waals surface area (Å²) < 4.78 is 10.8. The Hall–Kier alpha value is -1.88. The van der Waals surface area contributed by atoms with Crippen molar-refractivity contribution in [2.75, 3.05) is 12.8 Å². The molecule has 1 heterocycles. The van der Waals surface area contributed by atoms with Crippen LogP contribution in [0.2, 0.25) is 0 Å². The molecule has 5 heteroatoms. The molecule has 0 amide bonds. The summed E-state index contributed by atoms with van der Waals surface area (Å²) in [6, 6.07) is 5.72. The molecule has 1 unspecified atom stereocenters. The van der Waals surface area contributed by atoms with E-state index in [4.69, 9.17) is 15.0 Å². The van der Waals surface area contributed by atoms with Gasteiger partial charge in [0.15, 0.2) is 0 Å². The minimum absolute atomic E-state index is 0.117. The molecule has 0 aliphatic carbocycles. The lowest BCUT2D eigenvalue weighted by Crippen LogP contribution is -2.21. The fraction of sp³-hybridized carbons (Fsp3) is 0.467. The summed E-state index contributed by atoms with van der Waals surface area (Å²) in [4.78, 5) is 4.44. The third kappa shape index (κ3) is 2.82. The Bertz CT molecular complexity index is 599. The lowest BCUT2D eigenvalue weighted by atomic mass is 9.88. The summed E-state index contributed by atoms with van der Waals surface area (Å²) >= 11 is 0. The van der Waals surface area contributed by atoms with Crippen LogP contribution in [0.25, 0.3) is 11.5 Å². The second-order valence-corrected chi connectivity index (χ2v) is 6.03. The number of aromatic nitrogens is 2. The molecule has 0 aliphatic rings. The van der Waals surface area contributed by atoms with Gasteiger partial charge in [-0.05, 0) is 24.5 Å². The van der Waals surface area contributed by atoms with Gasteiger partial charge in [0.2, 0.25) is 5.82 Å². The molecule has 1 aromatic heterocycles. The number of nitrogens with two attached hydrogens (primary N) is 1. The van der Waals surface area contributed by atoms with Crippen LogP contribution in [0.4, 0.5) is 5.69 Å². The normalized spacial score (nSPS) is 13.4. The topological polar surface area (TPSA) is 74.2 Å². The van der Waals surface area contributed by atoms with E-state index in [0.717, 1.165) is 11.1 Å². The van der Waals surface area contributed by atoms with Crippen molar-refractivity contribution in [3.8, 4) is 11.5 Å². The first-order valence-electron chi connectivity index (χ1n) is 6.56. The molecule has 108 valence electrons. The maximum Gasteiger partial charge on any atom is 0.260 e. The van der Waals surface area contributed by atoms with E-state index in [9.17, 15) is 0 Å². The molecular formula is C15H21N3O2. The number of hydrogen-bond donors (Lipinski definition) is 1. The van der Waals surface area contributed by atoms with Crippen LogP contribution in [0.15, 0.2) is 22.7 Å². The standard InChI is InChI=1S/C15H21N3O2/c1-9-6-7-11(16)10(8-9)14-17-13(18-20-14)12(19-5)15(2,3)4/h6-8,12H,16H2,1-5H3. The van der Waals surface area contributed by atoms with Gasteiger partial charge in [0.05, 0.1) is 5.56 Å². The minimum atomic E-state index is -0.231. The van der Waals surface area contributed by atoms with E-state index in [1.165, 1.54) is 0 Å². The first-order chi connectivity index (χ1) is 9.32. The van der Waals surface area contributed by atoms with Gasteiger partial charge in [-0.2, -0.15) is 4.98 Å². The van der Waals surface area contributed by atoms with Crippen molar-refractivity contribution in [2.24, 2.45) is 5.41 Å². The second-order valence-electron chi connectivity index (χ2n) is 6.03. The second kappa shape index (κ2) is 5.25. The number of hydrogen-bond acceptors (Lipinski definition) is 5. The molecule has 0 saturated carbocycles. The fourth-order valence-corrected chi connectivity index (χ4v) is 2.15. The molecule has 0 fully saturated rings. The zero-order chi connectivity index (χ0) is 14.9. The maximum absolute atomic E-state index is 5.97. The molecular weight excluding hydrogens is 254 g/mol. The third-order valence-corrected chi connectivity index (χ3v) is 3.14. The fourth-order valence-electron chi connectivity index (χ4n) is 2.15. The highest BCUT2D eigenvalue weighted by Gasteiger charge is 2.30. The Morgan fingerprint density at radius 3 is 2.60 bits per heavy atom. The van der Waals surface area contributed by atoms with Gasteiger partial charge in [0.25, 0.3) is 5.89 Å². The van der Waals surface area contributed by atoms with Crippen molar-refractivity contribution in [2.45, 2.75) is 33.8 Å². The van der Waals surface area contributed by atoms with E-state index in [-0.39, 0.29) is 11.5 Å². The van der Waals surface area contributed by atoms with Crippen LogP contribution in [-0.4, -0.2) is 17.3 Å². The Balaban J connectivity index is 2.40. The van der Waals surface area contributed by atoms with E-state index >= 15 is 0 Å². The number of methoxy groups -OCH3 is 1. The summed E-state index contributed by atoms with van der Waals surface area (Å²) in [5.74, 6) is 0.961. The van der Waals surface area contributed by atoms with Gasteiger partial charge in [0, 0.05) is 12.8 Å². The van der Waals surface area contributed by atoms with Crippen LogP contribution < -0.4 is 5.73 Å². The summed E-state index contributed by atoms with van der Waals surface area (Å²) in [5.41, 5.74) is 8.32. The summed E-state index contributed by atoms with van der Waals surface area (Å²) in [6.45, 7) is 8.20. The Morgan fingerprint density at radius 2 is 2.00 bits per heavy atom. The highest BCUT2D eigenvalue weighted by atomic mass is 16.5.